The zero-order valence-corrected chi connectivity index (χ0v) is 9.21. The molecule has 0 fully saturated rings. The van der Waals surface area contributed by atoms with E-state index in [0.29, 0.717) is 5.71 Å². The summed E-state index contributed by atoms with van der Waals surface area (Å²) in [5.74, 6) is 1.78. The second-order valence-corrected chi connectivity index (χ2v) is 3.46. The highest BCUT2D eigenvalue weighted by molar-refractivity contribution is 6.13. The molecule has 0 bridgehead atoms. The first-order valence-corrected chi connectivity index (χ1v) is 5.30. The van der Waals surface area contributed by atoms with Crippen LogP contribution >= 0.6 is 0 Å². The Kier molecular flexibility index (Phi) is 3.64. The highest BCUT2D eigenvalue weighted by Gasteiger charge is 1.99. The molecule has 0 heterocycles. The molecule has 0 atom stereocenters. The molecule has 0 unspecified atom stereocenters. The first-order chi connectivity index (χ1) is 8.40. The lowest BCUT2D eigenvalue weighted by Crippen LogP contribution is -1.95. The Balaban J connectivity index is 2.43. The van der Waals surface area contributed by atoms with Gasteiger partial charge in [-0.15, -0.1) is 0 Å². The number of carbonyl (C=O) groups excluding carboxylic acids is 1. The van der Waals surface area contributed by atoms with Gasteiger partial charge in [0.05, 0.1) is 11.4 Å². The Morgan fingerprint density at radius 3 is 2.12 bits per heavy atom. The van der Waals surface area contributed by atoms with Crippen molar-refractivity contribution in [3.8, 4) is 0 Å². The molecule has 17 heavy (non-hydrogen) atoms. The summed E-state index contributed by atoms with van der Waals surface area (Å²) >= 11 is 0. The molecule has 82 valence electrons. The maximum Gasteiger partial charge on any atom is 0.126 e. The number of para-hydroxylation sites is 1. The van der Waals surface area contributed by atoms with Gasteiger partial charge in [0.2, 0.25) is 0 Å². The molecular weight excluding hydrogens is 210 g/mol. The molecule has 0 saturated heterocycles. The van der Waals surface area contributed by atoms with Crippen LogP contribution in [-0.4, -0.2) is 11.7 Å². The van der Waals surface area contributed by atoms with Crippen molar-refractivity contribution in [2.45, 2.75) is 0 Å². The van der Waals surface area contributed by atoms with E-state index in [2.05, 4.69) is 4.99 Å². The smallest absolute Gasteiger partial charge is 0.126 e. The van der Waals surface area contributed by atoms with Crippen LogP contribution in [0.5, 0.6) is 0 Å². The van der Waals surface area contributed by atoms with Gasteiger partial charge in [-0.3, -0.25) is 0 Å². The van der Waals surface area contributed by atoms with Gasteiger partial charge in [-0.1, -0.05) is 48.5 Å². The zero-order chi connectivity index (χ0) is 11.9. The minimum Gasteiger partial charge on any atom is -0.248 e. The van der Waals surface area contributed by atoms with E-state index in [1.54, 1.807) is 5.94 Å². The molecule has 0 N–H and O–H groups in total. The van der Waals surface area contributed by atoms with Crippen LogP contribution in [0.4, 0.5) is 5.69 Å². The molecule has 0 saturated carbocycles. The Bertz CT molecular complexity index is 552. The summed E-state index contributed by atoms with van der Waals surface area (Å²) in [7, 11) is 0. The summed E-state index contributed by atoms with van der Waals surface area (Å²) in [6, 6.07) is 19.1. The van der Waals surface area contributed by atoms with Crippen LogP contribution in [0.25, 0.3) is 0 Å². The van der Waals surface area contributed by atoms with Crippen LogP contribution in [0.1, 0.15) is 5.56 Å². The Morgan fingerprint density at radius 1 is 0.941 bits per heavy atom. The second kappa shape index (κ2) is 5.59. The van der Waals surface area contributed by atoms with Crippen LogP contribution < -0.4 is 0 Å². The van der Waals surface area contributed by atoms with Gasteiger partial charge in [-0.2, -0.15) is 0 Å². The van der Waals surface area contributed by atoms with E-state index in [4.69, 9.17) is 0 Å². The summed E-state index contributed by atoms with van der Waals surface area (Å²) in [6.45, 7) is 0. The SMILES string of the molecule is O=C=CC(=Nc1ccccc1)c1ccccc1. The van der Waals surface area contributed by atoms with E-state index in [0.717, 1.165) is 11.3 Å². The normalized spacial score (nSPS) is 10.7. The average Bonchev–Trinajstić information content (AvgIpc) is 2.40. The standard InChI is InChI=1S/C15H11NO/c17-12-11-15(13-7-3-1-4-8-13)16-14-9-5-2-6-10-14/h1-11H. The first-order valence-electron chi connectivity index (χ1n) is 5.30. The van der Waals surface area contributed by atoms with Gasteiger partial charge in [-0.25, -0.2) is 9.79 Å². The van der Waals surface area contributed by atoms with Crippen molar-refractivity contribution in [2.24, 2.45) is 4.99 Å². The molecule has 2 aromatic rings. The number of hydrogen-bond acceptors (Lipinski definition) is 2. The van der Waals surface area contributed by atoms with E-state index in [-0.39, 0.29) is 0 Å². The van der Waals surface area contributed by atoms with E-state index in [9.17, 15) is 4.79 Å². The Morgan fingerprint density at radius 2 is 1.53 bits per heavy atom. The minimum absolute atomic E-state index is 0.617. The van der Waals surface area contributed by atoms with Gasteiger partial charge < -0.3 is 0 Å². The van der Waals surface area contributed by atoms with Crippen molar-refractivity contribution >= 4 is 17.3 Å². The molecular formula is C15H11NO. The molecule has 2 heteroatoms. The topological polar surface area (TPSA) is 29.4 Å². The third-order valence-corrected chi connectivity index (χ3v) is 2.27. The van der Waals surface area contributed by atoms with Crippen molar-refractivity contribution < 1.29 is 4.79 Å². The third kappa shape index (κ3) is 3.00. The fourth-order valence-electron chi connectivity index (χ4n) is 1.49. The Hall–Kier alpha value is -2.44. The van der Waals surface area contributed by atoms with Crippen LogP contribution in [0.2, 0.25) is 0 Å². The summed E-state index contributed by atoms with van der Waals surface area (Å²) in [5.41, 5.74) is 2.34. The number of aliphatic imine (C=N–C) groups is 1. The summed E-state index contributed by atoms with van der Waals surface area (Å²) in [5, 5.41) is 0. The average molecular weight is 221 g/mol. The molecule has 2 rings (SSSR count). The van der Waals surface area contributed by atoms with Crippen LogP contribution in [0.3, 0.4) is 0 Å². The summed E-state index contributed by atoms with van der Waals surface area (Å²) in [4.78, 5) is 14.9. The molecule has 0 aliphatic carbocycles. The molecule has 0 spiro atoms. The van der Waals surface area contributed by atoms with Crippen LogP contribution in [-0.2, 0) is 4.79 Å². The highest BCUT2D eigenvalue weighted by atomic mass is 16.1. The van der Waals surface area contributed by atoms with Crippen molar-refractivity contribution in [1.82, 2.24) is 0 Å². The summed E-state index contributed by atoms with van der Waals surface area (Å²) in [6.07, 6.45) is 1.35. The monoisotopic (exact) mass is 221 g/mol. The van der Waals surface area contributed by atoms with Crippen molar-refractivity contribution in [2.75, 3.05) is 0 Å². The number of hydrogen-bond donors (Lipinski definition) is 0. The number of allylic oxidation sites excluding steroid dienone is 1. The molecule has 0 aromatic heterocycles. The zero-order valence-electron chi connectivity index (χ0n) is 9.21. The predicted octanol–water partition coefficient (Wildman–Crippen LogP) is 3.20. The lowest BCUT2D eigenvalue weighted by atomic mass is 10.1. The van der Waals surface area contributed by atoms with Crippen molar-refractivity contribution in [3.63, 3.8) is 0 Å². The largest absolute Gasteiger partial charge is 0.248 e. The van der Waals surface area contributed by atoms with Crippen molar-refractivity contribution in [1.29, 1.82) is 0 Å². The predicted molar refractivity (Wildman–Crippen MR) is 69.3 cm³/mol. The van der Waals surface area contributed by atoms with Gasteiger partial charge in [0.15, 0.2) is 0 Å². The fraction of sp³-hybridized carbons (Fsp3) is 0. The Labute approximate surface area is 100.0 Å². The highest BCUT2D eigenvalue weighted by Crippen LogP contribution is 2.13. The van der Waals surface area contributed by atoms with Gasteiger partial charge in [0.1, 0.15) is 5.94 Å². The quantitative estimate of drug-likeness (QED) is 0.578. The van der Waals surface area contributed by atoms with Crippen LogP contribution in [0.15, 0.2) is 71.7 Å². The minimum atomic E-state index is 0.617. The van der Waals surface area contributed by atoms with Crippen molar-refractivity contribution in [3.05, 3.63) is 72.3 Å². The van der Waals surface area contributed by atoms with Gasteiger partial charge in [0.25, 0.3) is 0 Å². The number of benzene rings is 2. The van der Waals surface area contributed by atoms with Gasteiger partial charge in [0, 0.05) is 11.6 Å². The van der Waals surface area contributed by atoms with Gasteiger partial charge in [-0.05, 0) is 12.1 Å². The maximum atomic E-state index is 10.5. The van der Waals surface area contributed by atoms with Gasteiger partial charge >= 0.3 is 0 Å². The summed E-state index contributed by atoms with van der Waals surface area (Å²) < 4.78 is 0. The van der Waals surface area contributed by atoms with Crippen LogP contribution in [0, 0.1) is 0 Å². The van der Waals surface area contributed by atoms with E-state index < -0.39 is 0 Å². The molecule has 2 nitrogen and oxygen atoms in total. The maximum absolute atomic E-state index is 10.5. The fourth-order valence-corrected chi connectivity index (χ4v) is 1.49. The molecule has 0 radical (unpaired) electrons. The third-order valence-electron chi connectivity index (χ3n) is 2.27. The molecule has 0 aliphatic rings. The van der Waals surface area contributed by atoms with E-state index in [1.165, 1.54) is 6.08 Å². The molecule has 0 amide bonds. The number of nitrogens with zero attached hydrogens (tertiary/aromatic N) is 1. The number of rotatable bonds is 3. The molecule has 0 aliphatic heterocycles. The second-order valence-electron chi connectivity index (χ2n) is 3.46. The molecule has 2 aromatic carbocycles. The van der Waals surface area contributed by atoms with E-state index >= 15 is 0 Å². The first kappa shape index (κ1) is 11.1. The lowest BCUT2D eigenvalue weighted by molar-refractivity contribution is 0.569. The van der Waals surface area contributed by atoms with E-state index in [1.807, 2.05) is 60.7 Å². The lowest BCUT2D eigenvalue weighted by Gasteiger charge is -2.00.